The highest BCUT2D eigenvalue weighted by atomic mass is 16.6. The molecule has 2 heterocycles. The van der Waals surface area contributed by atoms with Crippen LogP contribution in [0.25, 0.3) is 11.1 Å². The van der Waals surface area contributed by atoms with Crippen LogP contribution >= 0.6 is 0 Å². The molecule has 1 fully saturated rings. The van der Waals surface area contributed by atoms with Crippen LogP contribution in [-0.2, 0) is 9.53 Å². The molecule has 3 rings (SSSR count). The fraction of sp³-hybridized carbons (Fsp3) is 0.435. The van der Waals surface area contributed by atoms with Crippen LogP contribution in [-0.4, -0.2) is 41.6 Å². The van der Waals surface area contributed by atoms with Gasteiger partial charge in [-0.15, -0.1) is 0 Å². The predicted octanol–water partition coefficient (Wildman–Crippen LogP) is 4.50. The molecule has 1 saturated heterocycles. The maximum atomic E-state index is 12.8. The number of pyridine rings is 1. The molecule has 154 valence electrons. The van der Waals surface area contributed by atoms with E-state index < -0.39 is 0 Å². The Morgan fingerprint density at radius 1 is 1.14 bits per heavy atom. The molecule has 1 aromatic heterocycles. The average molecular weight is 396 g/mol. The smallest absolute Gasteiger partial charge is 0.409 e. The lowest BCUT2D eigenvalue weighted by Gasteiger charge is -2.31. The van der Waals surface area contributed by atoms with Crippen LogP contribution in [0.15, 0.2) is 42.7 Å². The third kappa shape index (κ3) is 5.56. The zero-order chi connectivity index (χ0) is 20.8. The van der Waals surface area contributed by atoms with Crippen molar-refractivity contribution in [2.45, 2.75) is 33.6 Å². The van der Waals surface area contributed by atoms with Crippen LogP contribution in [0.5, 0.6) is 0 Å². The van der Waals surface area contributed by atoms with Crippen LogP contribution in [0.1, 0.15) is 32.3 Å². The molecule has 0 atom stereocenters. The number of nitrogens with zero attached hydrogens (tertiary/aromatic N) is 2. The molecule has 2 amide bonds. The van der Waals surface area contributed by atoms with E-state index in [1.54, 1.807) is 17.3 Å². The summed E-state index contributed by atoms with van der Waals surface area (Å²) in [5.41, 5.74) is 3.94. The van der Waals surface area contributed by atoms with Gasteiger partial charge in [-0.05, 0) is 60.6 Å². The molecule has 1 aliphatic rings. The molecule has 2 aromatic rings. The minimum atomic E-state index is -0.279. The number of hydrogen-bond acceptors (Lipinski definition) is 4. The summed E-state index contributed by atoms with van der Waals surface area (Å²) < 4.78 is 5.29. The van der Waals surface area contributed by atoms with Gasteiger partial charge in [-0.25, -0.2) is 4.79 Å². The van der Waals surface area contributed by atoms with Crippen molar-refractivity contribution >= 4 is 17.7 Å². The highest BCUT2D eigenvalue weighted by Gasteiger charge is 2.28. The monoisotopic (exact) mass is 395 g/mol. The van der Waals surface area contributed by atoms with Crippen molar-refractivity contribution in [2.24, 2.45) is 11.8 Å². The Morgan fingerprint density at radius 2 is 1.83 bits per heavy atom. The molecule has 29 heavy (non-hydrogen) atoms. The second kappa shape index (κ2) is 9.54. The van der Waals surface area contributed by atoms with Gasteiger partial charge < -0.3 is 15.0 Å². The van der Waals surface area contributed by atoms with Gasteiger partial charge in [0.15, 0.2) is 0 Å². The number of hydrogen-bond donors (Lipinski definition) is 1. The van der Waals surface area contributed by atoms with E-state index in [9.17, 15) is 9.59 Å². The number of carbonyl (C=O) groups is 2. The van der Waals surface area contributed by atoms with E-state index in [4.69, 9.17) is 4.74 Å². The number of benzene rings is 1. The Balaban J connectivity index is 1.58. The second-order valence-corrected chi connectivity index (χ2v) is 7.99. The van der Waals surface area contributed by atoms with E-state index in [1.165, 1.54) is 0 Å². The first-order valence-corrected chi connectivity index (χ1v) is 10.2. The summed E-state index contributed by atoms with van der Waals surface area (Å²) in [5.74, 6) is 0.219. The summed E-state index contributed by atoms with van der Waals surface area (Å²) in [6.07, 6.45) is 4.52. The molecule has 0 bridgehead atoms. The molecule has 0 saturated carbocycles. The van der Waals surface area contributed by atoms with E-state index >= 15 is 0 Å². The number of nitrogens with one attached hydrogen (secondary N) is 1. The number of aromatic nitrogens is 1. The second-order valence-electron chi connectivity index (χ2n) is 7.99. The van der Waals surface area contributed by atoms with E-state index in [-0.39, 0.29) is 17.9 Å². The Bertz CT molecular complexity index is 844. The number of piperidine rings is 1. The largest absolute Gasteiger partial charge is 0.449 e. The third-order valence-corrected chi connectivity index (χ3v) is 5.17. The summed E-state index contributed by atoms with van der Waals surface area (Å²) in [5, 5.41) is 3.08. The number of anilines is 1. The van der Waals surface area contributed by atoms with Gasteiger partial charge in [0.2, 0.25) is 5.91 Å². The first-order chi connectivity index (χ1) is 13.9. The molecule has 1 N–H and O–H groups in total. The average Bonchev–Trinajstić information content (AvgIpc) is 2.74. The topological polar surface area (TPSA) is 71.5 Å². The highest BCUT2D eigenvalue weighted by Crippen LogP contribution is 2.27. The first kappa shape index (κ1) is 20.8. The Hall–Kier alpha value is -2.89. The molecule has 1 aliphatic heterocycles. The van der Waals surface area contributed by atoms with Crippen molar-refractivity contribution in [3.63, 3.8) is 0 Å². The number of rotatable bonds is 5. The van der Waals surface area contributed by atoms with Crippen molar-refractivity contribution < 1.29 is 14.3 Å². The van der Waals surface area contributed by atoms with Gasteiger partial charge in [-0.2, -0.15) is 0 Å². The number of likely N-dealkylation sites (tertiary alicyclic amines) is 1. The van der Waals surface area contributed by atoms with Crippen LogP contribution < -0.4 is 5.32 Å². The van der Waals surface area contributed by atoms with Crippen molar-refractivity contribution in [3.05, 3.63) is 48.3 Å². The standard InChI is InChI=1S/C23H29N3O3/c1-16(2)15-29-23(28)26-12-8-19(9-13-26)22(27)25-21-14-20(5-4-17(21)3)18-6-10-24-11-7-18/h4-7,10-11,14,16,19H,8-9,12-13,15H2,1-3H3,(H,25,27). The summed E-state index contributed by atoms with van der Waals surface area (Å²) in [6, 6.07) is 9.95. The fourth-order valence-electron chi connectivity index (χ4n) is 3.37. The van der Waals surface area contributed by atoms with Crippen LogP contribution in [0, 0.1) is 18.8 Å². The minimum absolute atomic E-state index is 0.00942. The first-order valence-electron chi connectivity index (χ1n) is 10.2. The number of amides is 2. The van der Waals surface area contributed by atoms with Crippen molar-refractivity contribution in [1.29, 1.82) is 0 Å². The van der Waals surface area contributed by atoms with E-state index in [0.717, 1.165) is 22.4 Å². The Kier molecular flexibility index (Phi) is 6.86. The van der Waals surface area contributed by atoms with Gasteiger partial charge in [0.05, 0.1) is 6.61 Å². The molecule has 0 spiro atoms. The highest BCUT2D eigenvalue weighted by molar-refractivity contribution is 5.94. The van der Waals surface area contributed by atoms with Crippen LogP contribution in [0.2, 0.25) is 0 Å². The lowest BCUT2D eigenvalue weighted by molar-refractivity contribution is -0.121. The van der Waals surface area contributed by atoms with Crippen LogP contribution in [0.4, 0.5) is 10.5 Å². The molecule has 6 heteroatoms. The third-order valence-electron chi connectivity index (χ3n) is 5.17. The number of carbonyl (C=O) groups excluding carboxylic acids is 2. The quantitative estimate of drug-likeness (QED) is 0.809. The molecule has 0 aliphatic carbocycles. The summed E-state index contributed by atoms with van der Waals surface area (Å²) >= 11 is 0. The Labute approximate surface area is 172 Å². The van der Waals surface area contributed by atoms with Crippen molar-refractivity contribution in [2.75, 3.05) is 25.0 Å². The molecular formula is C23H29N3O3. The lowest BCUT2D eigenvalue weighted by Crippen LogP contribution is -2.42. The van der Waals surface area contributed by atoms with Gasteiger partial charge >= 0.3 is 6.09 Å². The Morgan fingerprint density at radius 3 is 2.48 bits per heavy atom. The zero-order valence-electron chi connectivity index (χ0n) is 17.4. The maximum Gasteiger partial charge on any atom is 0.409 e. The van der Waals surface area contributed by atoms with Gasteiger partial charge in [0.25, 0.3) is 0 Å². The molecule has 6 nitrogen and oxygen atoms in total. The normalized spacial score (nSPS) is 14.7. The summed E-state index contributed by atoms with van der Waals surface area (Å²) in [6.45, 7) is 7.52. The van der Waals surface area contributed by atoms with Gasteiger partial charge in [-0.1, -0.05) is 26.0 Å². The summed E-state index contributed by atoms with van der Waals surface area (Å²) in [7, 11) is 0. The summed E-state index contributed by atoms with van der Waals surface area (Å²) in [4.78, 5) is 30.6. The van der Waals surface area contributed by atoms with E-state index in [0.29, 0.717) is 38.5 Å². The fourth-order valence-corrected chi connectivity index (χ4v) is 3.37. The maximum absolute atomic E-state index is 12.8. The van der Waals surface area contributed by atoms with Crippen molar-refractivity contribution in [1.82, 2.24) is 9.88 Å². The van der Waals surface area contributed by atoms with Crippen molar-refractivity contribution in [3.8, 4) is 11.1 Å². The SMILES string of the molecule is Cc1ccc(-c2ccncc2)cc1NC(=O)C1CCN(C(=O)OCC(C)C)CC1. The predicted molar refractivity (Wildman–Crippen MR) is 114 cm³/mol. The molecule has 0 unspecified atom stereocenters. The molecule has 0 radical (unpaired) electrons. The number of ether oxygens (including phenoxy) is 1. The minimum Gasteiger partial charge on any atom is -0.449 e. The zero-order valence-corrected chi connectivity index (χ0v) is 17.4. The number of aryl methyl sites for hydroxylation is 1. The van der Waals surface area contributed by atoms with Gasteiger partial charge in [0.1, 0.15) is 0 Å². The molecular weight excluding hydrogens is 366 g/mol. The van der Waals surface area contributed by atoms with E-state index in [1.807, 2.05) is 51.1 Å². The van der Waals surface area contributed by atoms with Gasteiger partial charge in [-0.3, -0.25) is 9.78 Å². The molecule has 1 aromatic carbocycles. The van der Waals surface area contributed by atoms with Crippen LogP contribution in [0.3, 0.4) is 0 Å². The van der Waals surface area contributed by atoms with Gasteiger partial charge in [0, 0.05) is 37.1 Å². The lowest BCUT2D eigenvalue weighted by atomic mass is 9.95. The van der Waals surface area contributed by atoms with E-state index in [2.05, 4.69) is 10.3 Å².